The van der Waals surface area contributed by atoms with Crippen LogP contribution in [0.4, 0.5) is 16.2 Å². The van der Waals surface area contributed by atoms with Crippen LogP contribution in [0, 0.1) is 20.8 Å². The first-order valence-electron chi connectivity index (χ1n) is 11.3. The van der Waals surface area contributed by atoms with E-state index < -0.39 is 17.8 Å². The number of carbonyl (C=O) groups is 3. The van der Waals surface area contributed by atoms with Crippen molar-refractivity contribution < 1.29 is 14.4 Å². The number of fused-ring (bicyclic) bond motifs is 1. The first kappa shape index (κ1) is 22.8. The number of nitrogens with zero attached hydrogens (tertiary/aromatic N) is 2. The highest BCUT2D eigenvalue weighted by Crippen LogP contribution is 2.43. The Morgan fingerprint density at radius 2 is 1.64 bits per heavy atom. The predicted octanol–water partition coefficient (Wildman–Crippen LogP) is 5.00. The second-order valence-electron chi connectivity index (χ2n) is 10.0. The SMILES string of the molecule is Cc1cc(C)cc(N2C(=O)NC(=O)/C(=C\c3cc4c(cc3C)N(C)C(C)(C)CC4C)C2=O)c1. The summed E-state index contributed by atoms with van der Waals surface area (Å²) in [7, 11) is 2.10. The van der Waals surface area contributed by atoms with Crippen molar-refractivity contribution in [2.45, 2.75) is 59.4 Å². The number of aryl methyl sites for hydroxylation is 3. The summed E-state index contributed by atoms with van der Waals surface area (Å²) in [6, 6.07) is 8.96. The molecule has 0 aliphatic carbocycles. The third-order valence-corrected chi connectivity index (χ3v) is 6.89. The molecule has 0 saturated carbocycles. The fourth-order valence-electron chi connectivity index (χ4n) is 5.02. The van der Waals surface area contributed by atoms with Crippen LogP contribution in [-0.2, 0) is 9.59 Å². The molecule has 4 amide bonds. The van der Waals surface area contributed by atoms with Crippen molar-refractivity contribution in [3.63, 3.8) is 0 Å². The van der Waals surface area contributed by atoms with Crippen molar-refractivity contribution >= 4 is 35.3 Å². The Balaban J connectivity index is 1.78. The molecule has 1 saturated heterocycles. The maximum atomic E-state index is 13.3. The molecule has 2 aromatic carbocycles. The van der Waals surface area contributed by atoms with Gasteiger partial charge in [-0.3, -0.25) is 14.9 Å². The number of hydrogen-bond donors (Lipinski definition) is 1. The van der Waals surface area contributed by atoms with Gasteiger partial charge in [-0.25, -0.2) is 9.69 Å². The van der Waals surface area contributed by atoms with Crippen LogP contribution in [0.2, 0.25) is 0 Å². The van der Waals surface area contributed by atoms with Crippen LogP contribution in [0.25, 0.3) is 6.08 Å². The number of hydrogen-bond acceptors (Lipinski definition) is 4. The topological polar surface area (TPSA) is 69.7 Å². The van der Waals surface area contributed by atoms with E-state index in [0.29, 0.717) is 11.6 Å². The fraction of sp³-hybridized carbons (Fsp3) is 0.370. The van der Waals surface area contributed by atoms with E-state index in [-0.39, 0.29) is 11.1 Å². The van der Waals surface area contributed by atoms with Gasteiger partial charge in [-0.15, -0.1) is 0 Å². The van der Waals surface area contributed by atoms with Crippen LogP contribution < -0.4 is 15.1 Å². The lowest BCUT2D eigenvalue weighted by Gasteiger charge is -2.45. The second-order valence-corrected chi connectivity index (χ2v) is 10.0. The van der Waals surface area contributed by atoms with Crippen LogP contribution in [0.5, 0.6) is 0 Å². The third-order valence-electron chi connectivity index (χ3n) is 6.89. The van der Waals surface area contributed by atoms with Gasteiger partial charge in [0, 0.05) is 18.3 Å². The number of carbonyl (C=O) groups excluding carboxylic acids is 3. The summed E-state index contributed by atoms with van der Waals surface area (Å²) in [5, 5.41) is 2.33. The molecule has 172 valence electrons. The van der Waals surface area contributed by atoms with Gasteiger partial charge in [-0.2, -0.15) is 0 Å². The lowest BCUT2D eigenvalue weighted by molar-refractivity contribution is -0.122. The van der Waals surface area contributed by atoms with E-state index in [0.717, 1.165) is 33.6 Å². The number of rotatable bonds is 2. The minimum atomic E-state index is -0.730. The number of anilines is 2. The van der Waals surface area contributed by atoms with E-state index >= 15 is 0 Å². The molecule has 0 bridgehead atoms. The zero-order chi connectivity index (χ0) is 24.2. The second kappa shape index (κ2) is 7.87. The van der Waals surface area contributed by atoms with E-state index in [1.807, 2.05) is 26.8 Å². The molecule has 4 rings (SSSR count). The molecular formula is C27H31N3O3. The number of imide groups is 2. The quantitative estimate of drug-likeness (QED) is 0.522. The summed E-state index contributed by atoms with van der Waals surface area (Å²) in [6.45, 7) is 12.5. The lowest BCUT2D eigenvalue weighted by Crippen LogP contribution is -2.54. The number of amides is 4. The van der Waals surface area contributed by atoms with Crippen molar-refractivity contribution in [1.29, 1.82) is 0 Å². The smallest absolute Gasteiger partial charge is 0.335 e. The number of barbiturate groups is 1. The Kier molecular flexibility index (Phi) is 5.43. The van der Waals surface area contributed by atoms with Crippen molar-refractivity contribution in [2.24, 2.45) is 0 Å². The Labute approximate surface area is 195 Å². The molecule has 2 heterocycles. The van der Waals surface area contributed by atoms with Gasteiger partial charge in [0.2, 0.25) is 0 Å². The number of benzene rings is 2. The molecule has 2 aromatic rings. The molecular weight excluding hydrogens is 414 g/mol. The van der Waals surface area contributed by atoms with Gasteiger partial charge < -0.3 is 4.90 Å². The Bertz CT molecular complexity index is 1210. The van der Waals surface area contributed by atoms with E-state index in [4.69, 9.17) is 0 Å². The molecule has 6 heteroatoms. The zero-order valence-electron chi connectivity index (χ0n) is 20.4. The predicted molar refractivity (Wildman–Crippen MR) is 132 cm³/mol. The van der Waals surface area contributed by atoms with Crippen LogP contribution in [0.3, 0.4) is 0 Å². The maximum Gasteiger partial charge on any atom is 0.335 e. The summed E-state index contributed by atoms with van der Waals surface area (Å²) in [4.78, 5) is 41.9. The van der Waals surface area contributed by atoms with E-state index in [1.54, 1.807) is 18.2 Å². The van der Waals surface area contributed by atoms with Gasteiger partial charge in [-0.05, 0) is 105 Å². The molecule has 1 unspecified atom stereocenters. The highest BCUT2D eigenvalue weighted by atomic mass is 16.2. The average Bonchev–Trinajstić information content (AvgIpc) is 2.69. The highest BCUT2D eigenvalue weighted by molar-refractivity contribution is 6.39. The standard InChI is InChI=1S/C27H31N3O3/c1-15-8-16(2)10-20(9-15)30-25(32)22(24(31)28-26(30)33)13-19-12-21-18(4)14-27(5,6)29(7)23(21)11-17(19)3/h8-13,18H,14H2,1-7H3,(H,28,31,33)/b22-13+. The Hall–Kier alpha value is -3.41. The molecule has 0 radical (unpaired) electrons. The molecule has 6 nitrogen and oxygen atoms in total. The average molecular weight is 446 g/mol. The van der Waals surface area contributed by atoms with Gasteiger partial charge in [-0.1, -0.05) is 13.0 Å². The highest BCUT2D eigenvalue weighted by Gasteiger charge is 2.38. The minimum Gasteiger partial charge on any atom is -0.369 e. The largest absolute Gasteiger partial charge is 0.369 e. The first-order chi connectivity index (χ1) is 15.4. The maximum absolute atomic E-state index is 13.3. The molecule has 33 heavy (non-hydrogen) atoms. The van der Waals surface area contributed by atoms with Crippen molar-refractivity contribution in [3.05, 3.63) is 63.7 Å². The monoisotopic (exact) mass is 445 g/mol. The zero-order valence-corrected chi connectivity index (χ0v) is 20.4. The summed E-state index contributed by atoms with van der Waals surface area (Å²) in [6.07, 6.45) is 2.62. The van der Waals surface area contributed by atoms with Crippen LogP contribution in [0.1, 0.15) is 60.9 Å². The summed E-state index contributed by atoms with van der Waals surface area (Å²) in [5.74, 6) is -0.945. The molecule has 0 aromatic heterocycles. The Morgan fingerprint density at radius 3 is 2.27 bits per heavy atom. The minimum absolute atomic E-state index is 0.0465. The van der Waals surface area contributed by atoms with E-state index in [9.17, 15) is 14.4 Å². The number of urea groups is 1. The van der Waals surface area contributed by atoms with Gasteiger partial charge in [0.1, 0.15) is 5.57 Å². The Morgan fingerprint density at radius 1 is 1.00 bits per heavy atom. The molecule has 2 aliphatic heterocycles. The van der Waals surface area contributed by atoms with Crippen LogP contribution >= 0.6 is 0 Å². The van der Waals surface area contributed by atoms with Crippen LogP contribution in [0.15, 0.2) is 35.9 Å². The van der Waals surface area contributed by atoms with Crippen molar-refractivity contribution in [3.8, 4) is 0 Å². The first-order valence-corrected chi connectivity index (χ1v) is 11.3. The molecule has 2 aliphatic rings. The molecule has 1 atom stereocenters. The van der Waals surface area contributed by atoms with Gasteiger partial charge in [0.05, 0.1) is 5.69 Å². The van der Waals surface area contributed by atoms with Crippen molar-refractivity contribution in [2.75, 3.05) is 16.8 Å². The summed E-state index contributed by atoms with van der Waals surface area (Å²) >= 11 is 0. The lowest BCUT2D eigenvalue weighted by atomic mass is 9.79. The van der Waals surface area contributed by atoms with Crippen LogP contribution in [-0.4, -0.2) is 30.4 Å². The molecule has 1 N–H and O–H groups in total. The fourth-order valence-corrected chi connectivity index (χ4v) is 5.02. The van der Waals surface area contributed by atoms with Gasteiger partial charge in [0.25, 0.3) is 11.8 Å². The molecule has 1 fully saturated rings. The van der Waals surface area contributed by atoms with E-state index in [2.05, 4.69) is 50.2 Å². The van der Waals surface area contributed by atoms with Gasteiger partial charge in [0.15, 0.2) is 0 Å². The van der Waals surface area contributed by atoms with Gasteiger partial charge >= 0.3 is 6.03 Å². The number of nitrogens with one attached hydrogen (secondary N) is 1. The summed E-state index contributed by atoms with van der Waals surface area (Å²) in [5.41, 5.74) is 6.45. The third kappa shape index (κ3) is 3.94. The van der Waals surface area contributed by atoms with Crippen molar-refractivity contribution in [1.82, 2.24) is 5.32 Å². The normalized spacial score (nSPS) is 21.4. The summed E-state index contributed by atoms with van der Waals surface area (Å²) < 4.78 is 0. The van der Waals surface area contributed by atoms with E-state index in [1.165, 1.54) is 11.3 Å². The molecule has 0 spiro atoms.